The molecule has 10 heteroatoms. The van der Waals surface area contributed by atoms with Crippen LogP contribution in [-0.4, -0.2) is 71.3 Å². The summed E-state index contributed by atoms with van der Waals surface area (Å²) in [6.45, 7) is 5.22. The first-order valence-electron chi connectivity index (χ1n) is 9.69. The van der Waals surface area contributed by atoms with Gasteiger partial charge in [0.1, 0.15) is 5.82 Å². The Hall–Kier alpha value is -1.94. The number of rotatable bonds is 5. The van der Waals surface area contributed by atoms with Crippen molar-refractivity contribution in [1.29, 1.82) is 0 Å². The Kier molecular flexibility index (Phi) is 6.09. The molecule has 0 spiro atoms. The maximum absolute atomic E-state index is 12.7. The Labute approximate surface area is 165 Å². The zero-order valence-electron chi connectivity index (χ0n) is 16.6. The molecule has 2 aliphatic heterocycles. The second-order valence-electron chi connectivity index (χ2n) is 7.53. The molecule has 3 rings (SSSR count). The average molecular weight is 413 g/mol. The number of amides is 1. The summed E-state index contributed by atoms with van der Waals surface area (Å²) in [5.74, 6) is -0.360. The Balaban J connectivity index is 1.54. The number of sulfonamides is 1. The predicted molar refractivity (Wildman–Crippen MR) is 101 cm³/mol. The molecule has 3 heterocycles. The van der Waals surface area contributed by atoms with Crippen LogP contribution in [0.15, 0.2) is 11.2 Å². The standard InChI is InChI=1S/C18H28N4O5S/c1-13(17(23)21-8-4-5-9-21)27-18(24)15-6-10-22(11-7-15)28(25,26)16-12-20(3)14(2)19-16/h12-13,15H,4-11H2,1-3H3. The Morgan fingerprint density at radius 3 is 2.32 bits per heavy atom. The van der Waals surface area contributed by atoms with Gasteiger partial charge in [-0.25, -0.2) is 13.4 Å². The van der Waals surface area contributed by atoms with Gasteiger partial charge in [-0.3, -0.25) is 9.59 Å². The van der Waals surface area contributed by atoms with Gasteiger partial charge in [0.2, 0.25) is 0 Å². The molecule has 0 saturated carbocycles. The Morgan fingerprint density at radius 1 is 1.18 bits per heavy atom. The molecule has 9 nitrogen and oxygen atoms in total. The van der Waals surface area contributed by atoms with Crippen LogP contribution in [0.2, 0.25) is 0 Å². The Morgan fingerprint density at radius 2 is 1.79 bits per heavy atom. The molecule has 0 bridgehead atoms. The van der Waals surface area contributed by atoms with Gasteiger partial charge >= 0.3 is 5.97 Å². The number of hydrogen-bond donors (Lipinski definition) is 0. The van der Waals surface area contributed by atoms with E-state index in [1.54, 1.807) is 30.4 Å². The van der Waals surface area contributed by atoms with Crippen molar-refractivity contribution in [3.63, 3.8) is 0 Å². The quantitative estimate of drug-likeness (QED) is 0.659. The molecule has 0 N–H and O–H groups in total. The van der Waals surface area contributed by atoms with Crippen molar-refractivity contribution in [3.05, 3.63) is 12.0 Å². The summed E-state index contributed by atoms with van der Waals surface area (Å²) in [5.41, 5.74) is 0. The van der Waals surface area contributed by atoms with E-state index in [0.717, 1.165) is 12.8 Å². The molecule has 0 aromatic carbocycles. The lowest BCUT2D eigenvalue weighted by Crippen LogP contribution is -2.43. The molecule has 28 heavy (non-hydrogen) atoms. The third kappa shape index (κ3) is 4.22. The van der Waals surface area contributed by atoms with Crippen LogP contribution in [0.4, 0.5) is 0 Å². The average Bonchev–Trinajstić information content (AvgIpc) is 3.32. The van der Waals surface area contributed by atoms with E-state index in [1.807, 2.05) is 0 Å². The summed E-state index contributed by atoms with van der Waals surface area (Å²) in [7, 11) is -1.93. The van der Waals surface area contributed by atoms with Crippen molar-refractivity contribution in [2.45, 2.75) is 50.7 Å². The topological polar surface area (TPSA) is 102 Å². The number of carbonyl (C=O) groups is 2. The minimum Gasteiger partial charge on any atom is -0.452 e. The molecule has 1 atom stereocenters. The van der Waals surface area contributed by atoms with E-state index in [2.05, 4.69) is 4.98 Å². The minimum absolute atomic E-state index is 0.0263. The van der Waals surface area contributed by atoms with Crippen molar-refractivity contribution < 1.29 is 22.7 Å². The minimum atomic E-state index is -3.67. The highest BCUT2D eigenvalue weighted by molar-refractivity contribution is 7.89. The fourth-order valence-corrected chi connectivity index (χ4v) is 5.13. The van der Waals surface area contributed by atoms with Crippen LogP contribution in [-0.2, 0) is 31.4 Å². The summed E-state index contributed by atoms with van der Waals surface area (Å²) in [6, 6.07) is 0. The zero-order valence-corrected chi connectivity index (χ0v) is 17.4. The maximum atomic E-state index is 12.7. The van der Waals surface area contributed by atoms with Gasteiger partial charge in [-0.05, 0) is 39.5 Å². The van der Waals surface area contributed by atoms with Crippen LogP contribution < -0.4 is 0 Å². The molecule has 1 aromatic heterocycles. The molecule has 1 unspecified atom stereocenters. The highest BCUT2D eigenvalue weighted by Gasteiger charge is 2.35. The number of aryl methyl sites for hydroxylation is 2. The SMILES string of the molecule is Cc1nc(S(=O)(=O)N2CCC(C(=O)OC(C)C(=O)N3CCCC3)CC2)cn1C. The number of nitrogens with zero attached hydrogens (tertiary/aromatic N) is 4. The smallest absolute Gasteiger partial charge is 0.309 e. The highest BCUT2D eigenvalue weighted by Crippen LogP contribution is 2.25. The molecule has 2 aliphatic rings. The summed E-state index contributed by atoms with van der Waals surface area (Å²) in [6.07, 6.45) is 3.40. The summed E-state index contributed by atoms with van der Waals surface area (Å²) in [4.78, 5) is 30.5. The number of piperidine rings is 1. The molecule has 156 valence electrons. The van der Waals surface area contributed by atoms with Crippen LogP contribution in [0, 0.1) is 12.8 Å². The lowest BCUT2D eigenvalue weighted by molar-refractivity contribution is -0.163. The monoisotopic (exact) mass is 412 g/mol. The number of hydrogen-bond acceptors (Lipinski definition) is 6. The van der Waals surface area contributed by atoms with Crippen molar-refractivity contribution in [2.75, 3.05) is 26.2 Å². The summed E-state index contributed by atoms with van der Waals surface area (Å²) in [5, 5.41) is 0.0263. The van der Waals surface area contributed by atoms with Crippen molar-refractivity contribution in [3.8, 4) is 0 Å². The largest absolute Gasteiger partial charge is 0.452 e. The van der Waals surface area contributed by atoms with E-state index in [1.165, 1.54) is 10.5 Å². The molecule has 2 saturated heterocycles. The first-order valence-corrected chi connectivity index (χ1v) is 11.1. The number of likely N-dealkylation sites (tertiary alicyclic amines) is 1. The fraction of sp³-hybridized carbons (Fsp3) is 0.722. The second kappa shape index (κ2) is 8.20. The van der Waals surface area contributed by atoms with E-state index >= 15 is 0 Å². The fourth-order valence-electron chi connectivity index (χ4n) is 3.63. The number of esters is 1. The van der Waals surface area contributed by atoms with Gasteiger partial charge in [0.05, 0.1) is 5.92 Å². The lowest BCUT2D eigenvalue weighted by atomic mass is 9.98. The van der Waals surface area contributed by atoms with Crippen LogP contribution in [0.3, 0.4) is 0 Å². The number of carbonyl (C=O) groups excluding carboxylic acids is 2. The molecule has 1 aromatic rings. The van der Waals surface area contributed by atoms with E-state index in [9.17, 15) is 18.0 Å². The van der Waals surface area contributed by atoms with Crippen molar-refractivity contribution in [2.24, 2.45) is 13.0 Å². The van der Waals surface area contributed by atoms with E-state index < -0.39 is 28.0 Å². The molecule has 0 radical (unpaired) electrons. The van der Waals surface area contributed by atoms with Gasteiger partial charge in [0.15, 0.2) is 11.1 Å². The van der Waals surface area contributed by atoms with Crippen LogP contribution in [0.25, 0.3) is 0 Å². The van der Waals surface area contributed by atoms with Crippen LogP contribution in [0.1, 0.15) is 38.4 Å². The summed E-state index contributed by atoms with van der Waals surface area (Å²) >= 11 is 0. The second-order valence-corrected chi connectivity index (χ2v) is 9.41. The van der Waals surface area contributed by atoms with Crippen LogP contribution in [0.5, 0.6) is 0 Å². The normalized spacial score (nSPS) is 20.3. The summed E-state index contributed by atoms with van der Waals surface area (Å²) < 4.78 is 33.9. The van der Waals surface area contributed by atoms with Crippen LogP contribution >= 0.6 is 0 Å². The molecular formula is C18H28N4O5S. The predicted octanol–water partition coefficient (Wildman–Crippen LogP) is 0.683. The van der Waals surface area contributed by atoms with Gasteiger partial charge in [-0.2, -0.15) is 4.31 Å². The maximum Gasteiger partial charge on any atom is 0.309 e. The van der Waals surface area contributed by atoms with Gasteiger partial charge in [0.25, 0.3) is 15.9 Å². The van der Waals surface area contributed by atoms with Crippen molar-refractivity contribution in [1.82, 2.24) is 18.8 Å². The van der Waals surface area contributed by atoms with Crippen molar-refractivity contribution >= 4 is 21.9 Å². The third-order valence-corrected chi connectivity index (χ3v) is 7.31. The highest BCUT2D eigenvalue weighted by atomic mass is 32.2. The molecule has 2 fully saturated rings. The van der Waals surface area contributed by atoms with Gasteiger partial charge in [-0.1, -0.05) is 0 Å². The van der Waals surface area contributed by atoms with E-state index in [-0.39, 0.29) is 24.0 Å². The first kappa shape index (κ1) is 20.8. The van der Waals surface area contributed by atoms with E-state index in [4.69, 9.17) is 4.74 Å². The number of ether oxygens (including phenoxy) is 1. The first-order chi connectivity index (χ1) is 13.2. The molecule has 0 aliphatic carbocycles. The number of imidazole rings is 1. The van der Waals surface area contributed by atoms with Gasteiger partial charge in [-0.15, -0.1) is 0 Å². The Bertz CT molecular complexity index is 817. The lowest BCUT2D eigenvalue weighted by Gasteiger charge is -2.30. The van der Waals surface area contributed by atoms with Gasteiger partial charge in [0, 0.05) is 39.4 Å². The molecular weight excluding hydrogens is 384 g/mol. The van der Waals surface area contributed by atoms with Gasteiger partial charge < -0.3 is 14.2 Å². The zero-order chi connectivity index (χ0) is 20.5. The number of aromatic nitrogens is 2. The van der Waals surface area contributed by atoms with E-state index in [0.29, 0.717) is 31.8 Å². The molecule has 1 amide bonds. The third-order valence-electron chi connectivity index (χ3n) is 5.54.